The third-order valence-corrected chi connectivity index (χ3v) is 5.34. The van der Waals surface area contributed by atoms with Crippen LogP contribution >= 0.6 is 0 Å². The van der Waals surface area contributed by atoms with Crippen LogP contribution in [0.25, 0.3) is 16.9 Å². The van der Waals surface area contributed by atoms with Crippen LogP contribution in [0, 0.1) is 5.82 Å². The number of aromatic nitrogens is 7. The molecule has 11 heteroatoms. The van der Waals surface area contributed by atoms with Gasteiger partial charge in [0.05, 0.1) is 24.2 Å². The SMILES string of the molecule is Cn1cc(-c2nc(Nc3ccc(-n4cnc(N5CCC(O)CC5)n4)cc3)ncc2F)cn1. The van der Waals surface area contributed by atoms with Crippen molar-refractivity contribution in [2.24, 2.45) is 7.05 Å². The summed E-state index contributed by atoms with van der Waals surface area (Å²) in [5.74, 6) is 0.430. The van der Waals surface area contributed by atoms with E-state index in [2.05, 4.69) is 35.4 Å². The Labute approximate surface area is 183 Å². The van der Waals surface area contributed by atoms with Gasteiger partial charge in [-0.3, -0.25) is 4.68 Å². The molecule has 0 bridgehead atoms. The van der Waals surface area contributed by atoms with Crippen molar-refractivity contribution < 1.29 is 9.50 Å². The number of anilines is 3. The number of rotatable bonds is 5. The van der Waals surface area contributed by atoms with Crippen LogP contribution in [0.15, 0.2) is 49.2 Å². The Morgan fingerprint density at radius 1 is 1.09 bits per heavy atom. The van der Waals surface area contributed by atoms with Crippen LogP contribution in [0.1, 0.15) is 12.8 Å². The van der Waals surface area contributed by atoms with Crippen molar-refractivity contribution in [1.82, 2.24) is 34.5 Å². The Morgan fingerprint density at radius 2 is 1.88 bits per heavy atom. The molecular weight excluding hydrogens is 413 g/mol. The normalized spacial score (nSPS) is 14.7. The number of nitrogens with zero attached hydrogens (tertiary/aromatic N) is 8. The highest BCUT2D eigenvalue weighted by atomic mass is 19.1. The van der Waals surface area contributed by atoms with E-state index in [1.165, 1.54) is 0 Å². The second kappa shape index (κ2) is 8.35. The third-order valence-electron chi connectivity index (χ3n) is 5.34. The number of nitrogens with one attached hydrogen (secondary N) is 1. The first-order chi connectivity index (χ1) is 15.5. The molecule has 32 heavy (non-hydrogen) atoms. The van der Waals surface area contributed by atoms with Gasteiger partial charge in [0.15, 0.2) is 5.82 Å². The summed E-state index contributed by atoms with van der Waals surface area (Å²) in [6.45, 7) is 1.49. The van der Waals surface area contributed by atoms with E-state index in [1.54, 1.807) is 35.1 Å². The first-order valence-electron chi connectivity index (χ1n) is 10.3. The van der Waals surface area contributed by atoms with Gasteiger partial charge in [-0.2, -0.15) is 10.1 Å². The Kier molecular flexibility index (Phi) is 5.23. The lowest BCUT2D eigenvalue weighted by Gasteiger charge is -2.28. The summed E-state index contributed by atoms with van der Waals surface area (Å²) in [4.78, 5) is 14.8. The van der Waals surface area contributed by atoms with Gasteiger partial charge in [-0.15, -0.1) is 5.10 Å². The Balaban J connectivity index is 1.30. The molecule has 164 valence electrons. The summed E-state index contributed by atoms with van der Waals surface area (Å²) in [5.41, 5.74) is 2.37. The molecule has 4 heterocycles. The van der Waals surface area contributed by atoms with Crippen LogP contribution < -0.4 is 10.2 Å². The number of aryl methyl sites for hydroxylation is 1. The molecule has 1 aliphatic rings. The molecule has 2 N–H and O–H groups in total. The number of hydrogen-bond acceptors (Lipinski definition) is 8. The van der Waals surface area contributed by atoms with Crippen molar-refractivity contribution in [3.63, 3.8) is 0 Å². The van der Waals surface area contributed by atoms with E-state index in [9.17, 15) is 9.50 Å². The van der Waals surface area contributed by atoms with Gasteiger partial charge in [0.2, 0.25) is 11.9 Å². The average Bonchev–Trinajstić information content (AvgIpc) is 3.46. The van der Waals surface area contributed by atoms with Crippen LogP contribution in [0.5, 0.6) is 0 Å². The third kappa shape index (κ3) is 4.14. The number of aliphatic hydroxyl groups excluding tert-OH is 1. The molecule has 1 aliphatic heterocycles. The molecule has 0 radical (unpaired) electrons. The zero-order chi connectivity index (χ0) is 22.1. The van der Waals surface area contributed by atoms with Gasteiger partial charge in [-0.25, -0.2) is 19.0 Å². The zero-order valence-corrected chi connectivity index (χ0v) is 17.4. The standard InChI is InChI=1S/C21H22FN9O/c1-29-12-14(10-25-29)19-18(22)11-23-20(27-19)26-15-2-4-16(5-3-15)31-13-24-21(28-31)30-8-6-17(32)7-9-30/h2-5,10-13,17,32H,6-9H2,1H3,(H,23,26,27). The number of aliphatic hydroxyl groups is 1. The molecule has 0 amide bonds. The number of benzene rings is 1. The fraction of sp³-hybridized carbons (Fsp3) is 0.286. The van der Waals surface area contributed by atoms with Crippen molar-refractivity contribution >= 4 is 17.6 Å². The van der Waals surface area contributed by atoms with Gasteiger partial charge >= 0.3 is 0 Å². The summed E-state index contributed by atoms with van der Waals surface area (Å²) in [7, 11) is 1.76. The molecule has 0 unspecified atom stereocenters. The van der Waals surface area contributed by atoms with Crippen LogP contribution in [-0.4, -0.2) is 58.8 Å². The minimum Gasteiger partial charge on any atom is -0.393 e. The van der Waals surface area contributed by atoms with Crippen LogP contribution in [-0.2, 0) is 7.05 Å². The molecule has 1 fully saturated rings. The van der Waals surface area contributed by atoms with E-state index in [-0.39, 0.29) is 17.7 Å². The highest BCUT2D eigenvalue weighted by molar-refractivity contribution is 5.61. The smallest absolute Gasteiger partial charge is 0.245 e. The number of halogens is 1. The van der Waals surface area contributed by atoms with Gasteiger partial charge in [0.1, 0.15) is 12.0 Å². The van der Waals surface area contributed by atoms with E-state index < -0.39 is 5.82 Å². The van der Waals surface area contributed by atoms with Gasteiger partial charge in [0, 0.05) is 37.6 Å². The largest absolute Gasteiger partial charge is 0.393 e. The molecule has 0 atom stereocenters. The zero-order valence-electron chi connectivity index (χ0n) is 17.4. The quantitative estimate of drug-likeness (QED) is 0.491. The topological polar surface area (TPSA) is 110 Å². The lowest BCUT2D eigenvalue weighted by molar-refractivity contribution is 0.145. The van der Waals surface area contributed by atoms with Gasteiger partial charge in [-0.1, -0.05) is 0 Å². The maximum atomic E-state index is 14.2. The van der Waals surface area contributed by atoms with Crippen molar-refractivity contribution in [1.29, 1.82) is 0 Å². The Morgan fingerprint density at radius 3 is 2.59 bits per heavy atom. The second-order valence-corrected chi connectivity index (χ2v) is 7.67. The summed E-state index contributed by atoms with van der Waals surface area (Å²) >= 11 is 0. The lowest BCUT2D eigenvalue weighted by Crippen LogP contribution is -2.36. The minimum atomic E-state index is -0.510. The lowest BCUT2D eigenvalue weighted by atomic mass is 10.1. The highest BCUT2D eigenvalue weighted by Crippen LogP contribution is 2.23. The Bertz CT molecular complexity index is 1210. The summed E-state index contributed by atoms with van der Waals surface area (Å²) in [6.07, 6.45) is 7.28. The first-order valence-corrected chi connectivity index (χ1v) is 10.3. The average molecular weight is 435 g/mol. The number of piperidine rings is 1. The molecular formula is C21H22FN9O. The van der Waals surface area contributed by atoms with E-state index in [0.717, 1.165) is 43.5 Å². The maximum Gasteiger partial charge on any atom is 0.245 e. The molecule has 1 aromatic carbocycles. The van der Waals surface area contributed by atoms with E-state index in [1.807, 2.05) is 24.3 Å². The molecule has 0 spiro atoms. The maximum absolute atomic E-state index is 14.2. The van der Waals surface area contributed by atoms with Crippen LogP contribution in [0.3, 0.4) is 0 Å². The molecule has 4 aromatic rings. The van der Waals surface area contributed by atoms with Crippen molar-refractivity contribution in [3.05, 3.63) is 55.0 Å². The fourth-order valence-corrected chi connectivity index (χ4v) is 3.59. The molecule has 0 aliphatic carbocycles. The van der Waals surface area contributed by atoms with E-state index in [4.69, 9.17) is 0 Å². The molecule has 1 saturated heterocycles. The highest BCUT2D eigenvalue weighted by Gasteiger charge is 2.20. The first kappa shape index (κ1) is 20.1. The molecule has 5 rings (SSSR count). The predicted molar refractivity (Wildman–Crippen MR) is 116 cm³/mol. The summed E-state index contributed by atoms with van der Waals surface area (Å²) in [6, 6.07) is 7.52. The summed E-state index contributed by atoms with van der Waals surface area (Å²) < 4.78 is 17.5. The van der Waals surface area contributed by atoms with Crippen LogP contribution in [0.4, 0.5) is 22.0 Å². The van der Waals surface area contributed by atoms with Gasteiger partial charge in [0.25, 0.3) is 0 Å². The molecule has 3 aromatic heterocycles. The predicted octanol–water partition coefficient (Wildman–Crippen LogP) is 2.30. The molecule has 10 nitrogen and oxygen atoms in total. The fourth-order valence-electron chi connectivity index (χ4n) is 3.59. The summed E-state index contributed by atoms with van der Waals surface area (Å²) in [5, 5.41) is 21.4. The van der Waals surface area contributed by atoms with Gasteiger partial charge < -0.3 is 15.3 Å². The minimum absolute atomic E-state index is 0.188. The van der Waals surface area contributed by atoms with Crippen LogP contribution in [0.2, 0.25) is 0 Å². The van der Waals surface area contributed by atoms with Crippen molar-refractivity contribution in [2.75, 3.05) is 23.3 Å². The van der Waals surface area contributed by atoms with Crippen molar-refractivity contribution in [3.8, 4) is 16.9 Å². The Hall–Kier alpha value is -3.86. The van der Waals surface area contributed by atoms with Crippen molar-refractivity contribution in [2.45, 2.75) is 18.9 Å². The van der Waals surface area contributed by atoms with E-state index >= 15 is 0 Å². The monoisotopic (exact) mass is 435 g/mol. The number of hydrogen-bond donors (Lipinski definition) is 2. The molecule has 0 saturated carbocycles. The second-order valence-electron chi connectivity index (χ2n) is 7.67. The van der Waals surface area contributed by atoms with Gasteiger partial charge in [-0.05, 0) is 37.1 Å². The van der Waals surface area contributed by atoms with E-state index in [0.29, 0.717) is 11.5 Å².